The van der Waals surface area contributed by atoms with Gasteiger partial charge >= 0.3 is 5.63 Å². The Morgan fingerprint density at radius 1 is 0.964 bits per heavy atom. The molecule has 0 radical (unpaired) electrons. The second kappa shape index (κ2) is 6.65. The van der Waals surface area contributed by atoms with E-state index in [0.717, 1.165) is 35.4 Å². The van der Waals surface area contributed by atoms with E-state index in [0.29, 0.717) is 35.4 Å². The molecule has 2 aromatic carbocycles. The van der Waals surface area contributed by atoms with Crippen molar-refractivity contribution >= 4 is 33.4 Å². The lowest BCUT2D eigenvalue weighted by atomic mass is 10.0. The van der Waals surface area contributed by atoms with Crippen molar-refractivity contribution in [1.29, 1.82) is 0 Å². The zero-order valence-corrected chi connectivity index (χ0v) is 15.2. The summed E-state index contributed by atoms with van der Waals surface area (Å²) < 4.78 is 11.0. The number of nitrogens with zero attached hydrogens (tertiary/aromatic N) is 2. The number of aromatic nitrogens is 1. The molecule has 2 aromatic heterocycles. The molecule has 1 saturated heterocycles. The number of pyridine rings is 1. The molecule has 1 aliphatic heterocycles. The summed E-state index contributed by atoms with van der Waals surface area (Å²) in [5.41, 5.74) is 9.29. The summed E-state index contributed by atoms with van der Waals surface area (Å²) in [6.45, 7) is 2.70. The van der Waals surface area contributed by atoms with Gasteiger partial charge in [0.15, 0.2) is 0 Å². The Bertz CT molecular complexity index is 1230. The summed E-state index contributed by atoms with van der Waals surface area (Å²) in [5.74, 6) is 0.773. The van der Waals surface area contributed by atoms with Crippen LogP contribution in [0.25, 0.3) is 33.0 Å². The third kappa shape index (κ3) is 2.61. The van der Waals surface area contributed by atoms with Gasteiger partial charge in [-0.3, -0.25) is 0 Å². The van der Waals surface area contributed by atoms with Crippen LogP contribution in [0.2, 0.25) is 0 Å². The standard InChI is InChI=1S/C22H19N3O3/c23-19-17(14-6-2-1-3-7-14)21(25-10-12-27-13-11-25)24-20-15-8-4-5-9-16(15)28-22(26)18(19)20/h1-9H,10-13H2,(H2,23,24). The summed E-state index contributed by atoms with van der Waals surface area (Å²) in [7, 11) is 0. The van der Waals surface area contributed by atoms with Crippen molar-refractivity contribution in [2.75, 3.05) is 36.9 Å². The second-order valence-corrected chi connectivity index (χ2v) is 6.80. The number of benzene rings is 2. The molecule has 0 bridgehead atoms. The van der Waals surface area contributed by atoms with Gasteiger partial charge in [-0.1, -0.05) is 42.5 Å². The molecule has 5 rings (SSSR count). The number of rotatable bonds is 2. The summed E-state index contributed by atoms with van der Waals surface area (Å²) in [5, 5.41) is 1.10. The predicted octanol–water partition coefficient (Wildman–Crippen LogP) is 3.43. The highest BCUT2D eigenvalue weighted by atomic mass is 16.5. The lowest BCUT2D eigenvalue weighted by molar-refractivity contribution is 0.122. The summed E-state index contributed by atoms with van der Waals surface area (Å²) in [4.78, 5) is 19.9. The van der Waals surface area contributed by atoms with Crippen LogP contribution in [0.3, 0.4) is 0 Å². The van der Waals surface area contributed by atoms with Gasteiger partial charge < -0.3 is 19.8 Å². The Balaban J connectivity index is 1.91. The molecule has 28 heavy (non-hydrogen) atoms. The van der Waals surface area contributed by atoms with E-state index in [1.807, 2.05) is 48.5 Å². The molecule has 2 N–H and O–H groups in total. The maximum absolute atomic E-state index is 12.8. The van der Waals surface area contributed by atoms with Gasteiger partial charge in [0.25, 0.3) is 0 Å². The van der Waals surface area contributed by atoms with Crippen LogP contribution in [0, 0.1) is 0 Å². The van der Waals surface area contributed by atoms with Crippen LogP contribution in [-0.4, -0.2) is 31.3 Å². The maximum atomic E-state index is 12.8. The van der Waals surface area contributed by atoms with Crippen LogP contribution in [0.5, 0.6) is 0 Å². The van der Waals surface area contributed by atoms with Gasteiger partial charge in [-0.2, -0.15) is 0 Å². The Morgan fingerprint density at radius 3 is 2.46 bits per heavy atom. The zero-order valence-electron chi connectivity index (χ0n) is 15.2. The number of anilines is 2. The number of fused-ring (bicyclic) bond motifs is 3. The van der Waals surface area contributed by atoms with Crippen molar-refractivity contribution in [1.82, 2.24) is 4.98 Å². The number of ether oxygens (including phenoxy) is 1. The number of nitrogens with two attached hydrogens (primary N) is 1. The Kier molecular flexibility index (Phi) is 3.98. The van der Waals surface area contributed by atoms with Gasteiger partial charge in [-0.05, 0) is 17.7 Å². The Morgan fingerprint density at radius 2 is 1.68 bits per heavy atom. The molecule has 6 heteroatoms. The third-order valence-electron chi connectivity index (χ3n) is 5.14. The van der Waals surface area contributed by atoms with Crippen LogP contribution in [0.1, 0.15) is 0 Å². The van der Waals surface area contributed by atoms with Crippen LogP contribution < -0.4 is 16.3 Å². The zero-order chi connectivity index (χ0) is 19.1. The van der Waals surface area contributed by atoms with E-state index in [4.69, 9.17) is 19.9 Å². The molecular formula is C22H19N3O3. The molecule has 0 aliphatic carbocycles. The lowest BCUT2D eigenvalue weighted by Crippen LogP contribution is -2.37. The molecule has 6 nitrogen and oxygen atoms in total. The largest absolute Gasteiger partial charge is 0.422 e. The highest BCUT2D eigenvalue weighted by Gasteiger charge is 2.24. The Hall–Kier alpha value is -3.38. The smallest absolute Gasteiger partial charge is 0.347 e. The lowest BCUT2D eigenvalue weighted by Gasteiger charge is -2.30. The van der Waals surface area contributed by atoms with Gasteiger partial charge in [0.05, 0.1) is 24.4 Å². The van der Waals surface area contributed by atoms with Crippen LogP contribution in [0.15, 0.2) is 63.8 Å². The highest BCUT2D eigenvalue weighted by Crippen LogP contribution is 2.39. The van der Waals surface area contributed by atoms with Gasteiger partial charge in [-0.25, -0.2) is 9.78 Å². The molecule has 140 valence electrons. The first-order valence-corrected chi connectivity index (χ1v) is 9.27. The van der Waals surface area contributed by atoms with Crippen molar-refractivity contribution in [2.45, 2.75) is 0 Å². The van der Waals surface area contributed by atoms with Crippen molar-refractivity contribution in [3.63, 3.8) is 0 Å². The number of para-hydroxylation sites is 1. The molecule has 0 amide bonds. The topological polar surface area (TPSA) is 81.6 Å². The highest BCUT2D eigenvalue weighted by molar-refractivity contribution is 6.11. The first kappa shape index (κ1) is 16.8. The van der Waals surface area contributed by atoms with Crippen LogP contribution in [-0.2, 0) is 4.74 Å². The van der Waals surface area contributed by atoms with Crippen LogP contribution >= 0.6 is 0 Å². The maximum Gasteiger partial charge on any atom is 0.347 e. The minimum Gasteiger partial charge on any atom is -0.422 e. The summed E-state index contributed by atoms with van der Waals surface area (Å²) in [6.07, 6.45) is 0. The number of hydrogen-bond donors (Lipinski definition) is 1. The number of hydrogen-bond acceptors (Lipinski definition) is 6. The van der Waals surface area contributed by atoms with Gasteiger partial charge in [0, 0.05) is 24.0 Å². The van der Waals surface area contributed by atoms with E-state index in [1.165, 1.54) is 0 Å². The fourth-order valence-electron chi connectivity index (χ4n) is 3.79. The summed E-state index contributed by atoms with van der Waals surface area (Å²) in [6, 6.07) is 17.2. The van der Waals surface area contributed by atoms with Gasteiger partial charge in [-0.15, -0.1) is 0 Å². The first-order chi connectivity index (χ1) is 13.7. The normalized spacial score (nSPS) is 14.6. The molecule has 4 aromatic rings. The monoisotopic (exact) mass is 373 g/mol. The average Bonchev–Trinajstić information content (AvgIpc) is 2.74. The minimum atomic E-state index is -0.468. The molecular weight excluding hydrogens is 354 g/mol. The molecule has 0 atom stereocenters. The molecule has 3 heterocycles. The molecule has 1 aliphatic rings. The fraction of sp³-hybridized carbons (Fsp3) is 0.182. The van der Waals surface area contributed by atoms with E-state index in [2.05, 4.69) is 4.90 Å². The van der Waals surface area contributed by atoms with Crippen LogP contribution in [0.4, 0.5) is 11.5 Å². The second-order valence-electron chi connectivity index (χ2n) is 6.80. The van der Waals surface area contributed by atoms with E-state index < -0.39 is 5.63 Å². The molecule has 0 unspecified atom stereocenters. The SMILES string of the molecule is Nc1c(-c2ccccc2)c(N2CCOCC2)nc2c1c(=O)oc1ccccc12. The predicted molar refractivity (Wildman–Crippen MR) is 111 cm³/mol. The number of morpholine rings is 1. The van der Waals surface area contributed by atoms with E-state index in [1.54, 1.807) is 6.07 Å². The summed E-state index contributed by atoms with van der Waals surface area (Å²) >= 11 is 0. The van der Waals surface area contributed by atoms with Crippen molar-refractivity contribution in [3.05, 3.63) is 65.0 Å². The van der Waals surface area contributed by atoms with Crippen molar-refractivity contribution < 1.29 is 9.15 Å². The first-order valence-electron chi connectivity index (χ1n) is 9.27. The Labute approximate surface area is 161 Å². The quantitative estimate of drug-likeness (QED) is 0.428. The van der Waals surface area contributed by atoms with Gasteiger partial charge in [0.2, 0.25) is 0 Å². The van der Waals surface area contributed by atoms with Crippen molar-refractivity contribution in [2.24, 2.45) is 0 Å². The van der Waals surface area contributed by atoms with E-state index >= 15 is 0 Å². The van der Waals surface area contributed by atoms with Crippen molar-refractivity contribution in [3.8, 4) is 11.1 Å². The molecule has 0 spiro atoms. The fourth-order valence-corrected chi connectivity index (χ4v) is 3.79. The van der Waals surface area contributed by atoms with Gasteiger partial charge in [0.1, 0.15) is 16.8 Å². The van der Waals surface area contributed by atoms with E-state index in [9.17, 15) is 4.79 Å². The molecule has 0 saturated carbocycles. The third-order valence-corrected chi connectivity index (χ3v) is 5.14. The average molecular weight is 373 g/mol. The van der Waals surface area contributed by atoms with E-state index in [-0.39, 0.29) is 0 Å². The molecule has 1 fully saturated rings. The number of nitrogen functional groups attached to an aromatic ring is 1. The minimum absolute atomic E-state index is 0.328.